The van der Waals surface area contributed by atoms with Crippen LogP contribution < -0.4 is 26.0 Å². The van der Waals surface area contributed by atoms with Gasteiger partial charge in [-0.3, -0.25) is 19.3 Å². The van der Waals surface area contributed by atoms with E-state index in [0.29, 0.717) is 28.0 Å². The highest BCUT2D eigenvalue weighted by Gasteiger charge is 2.18. The number of urea groups is 1. The molecule has 1 saturated heterocycles. The third-order valence-electron chi connectivity index (χ3n) is 5.82. The van der Waals surface area contributed by atoms with Crippen molar-refractivity contribution in [3.05, 3.63) is 58.2 Å². The van der Waals surface area contributed by atoms with Crippen molar-refractivity contribution in [3.63, 3.8) is 0 Å². The maximum Gasteiger partial charge on any atom is 0.329 e. The van der Waals surface area contributed by atoms with Gasteiger partial charge in [-0.1, -0.05) is 17.7 Å². The number of anilines is 2. The summed E-state index contributed by atoms with van der Waals surface area (Å²) >= 11 is 8.45. The number of carbonyl (C=O) groups is 2. The molecule has 0 aromatic carbocycles. The molecule has 1 fully saturated rings. The Bertz CT molecular complexity index is 1220. The number of nitrogens with two attached hydrogens (primary N) is 1. The topological polar surface area (TPSA) is 125 Å². The maximum atomic E-state index is 13.2. The van der Waals surface area contributed by atoms with Crippen molar-refractivity contribution in [3.8, 4) is 12.3 Å². The zero-order valence-electron chi connectivity index (χ0n) is 24.3. The Morgan fingerprint density at radius 2 is 2.02 bits per heavy atom. The second kappa shape index (κ2) is 20.0. The normalized spacial score (nSPS) is 13.8. The number of nitrogens with zero attached hydrogens (tertiary/aromatic N) is 3. The zero-order valence-corrected chi connectivity index (χ0v) is 26.7. The van der Waals surface area contributed by atoms with Crippen molar-refractivity contribution in [2.24, 2.45) is 5.73 Å². The minimum atomic E-state index is -0.396. The molecule has 0 unspecified atom stereocenters. The van der Waals surface area contributed by atoms with E-state index in [1.54, 1.807) is 36.1 Å². The van der Waals surface area contributed by atoms with E-state index < -0.39 is 6.03 Å². The summed E-state index contributed by atoms with van der Waals surface area (Å²) in [6.07, 6.45) is 10.8. The minimum absolute atomic E-state index is 0.100. The van der Waals surface area contributed by atoms with Gasteiger partial charge >= 0.3 is 6.03 Å². The van der Waals surface area contributed by atoms with Gasteiger partial charge in [-0.25, -0.2) is 9.78 Å². The molecule has 2 aromatic heterocycles. The number of pyridine rings is 1. The summed E-state index contributed by atoms with van der Waals surface area (Å²) < 4.78 is 9.60. The SMILES string of the molecule is C#CC.CCN(C(=O)/C(=C/C=C(\C)NCCCN1CCOCC1)CN)c1ccc(NC(=O)NSc2ccc(Cl)s2)cn1. The van der Waals surface area contributed by atoms with Gasteiger partial charge in [0.1, 0.15) is 5.82 Å². The van der Waals surface area contributed by atoms with Crippen LogP contribution >= 0.6 is 34.9 Å². The van der Waals surface area contributed by atoms with Crippen LogP contribution in [0.5, 0.6) is 0 Å². The van der Waals surface area contributed by atoms with E-state index in [0.717, 1.165) is 55.7 Å². The number of allylic oxidation sites excluding steroid dienone is 3. The summed E-state index contributed by atoms with van der Waals surface area (Å²) in [5.74, 6) is 2.51. The molecule has 0 spiro atoms. The molecule has 0 aliphatic carbocycles. The maximum absolute atomic E-state index is 13.2. The molecule has 42 heavy (non-hydrogen) atoms. The number of hydrogen-bond donors (Lipinski definition) is 4. The highest BCUT2D eigenvalue weighted by atomic mass is 35.5. The molecule has 3 heterocycles. The molecule has 1 aliphatic rings. The number of terminal acetylenes is 1. The first-order valence-corrected chi connectivity index (χ1v) is 15.6. The number of aromatic nitrogens is 1. The van der Waals surface area contributed by atoms with Gasteiger partial charge in [0.05, 0.1) is 33.6 Å². The minimum Gasteiger partial charge on any atom is -0.389 e. The highest BCUT2D eigenvalue weighted by Crippen LogP contribution is 2.28. The fourth-order valence-electron chi connectivity index (χ4n) is 3.73. The largest absolute Gasteiger partial charge is 0.389 e. The number of nitrogens with one attached hydrogen (secondary N) is 3. The third-order valence-corrected chi connectivity index (χ3v) is 7.97. The first kappa shape index (κ1) is 35.1. The standard InChI is InChI=1S/C26H36ClN7O3S2.C3H4/c1-3-34(23-9-7-21(18-30-23)31-26(36)32-39-24-10-8-22(27)38-24)25(35)20(17-28)6-5-19(2)29-11-4-12-33-13-15-37-16-14-33;1-3-2/h5-10,18,29H,3-4,11-17,28H2,1-2H3,(H2,31,32,36);1H,2H3/b19-5+,20-6+;. The smallest absolute Gasteiger partial charge is 0.329 e. The lowest BCUT2D eigenvalue weighted by Crippen LogP contribution is -2.37. The molecule has 13 heteroatoms. The Kier molecular flexibility index (Phi) is 16.7. The van der Waals surface area contributed by atoms with Crippen LogP contribution in [0.4, 0.5) is 16.3 Å². The van der Waals surface area contributed by atoms with Crippen molar-refractivity contribution in [2.45, 2.75) is 31.4 Å². The summed E-state index contributed by atoms with van der Waals surface area (Å²) in [5.41, 5.74) is 7.85. The first-order valence-electron chi connectivity index (χ1n) is 13.6. The van der Waals surface area contributed by atoms with Crippen molar-refractivity contribution in [2.75, 3.05) is 62.7 Å². The van der Waals surface area contributed by atoms with Crippen molar-refractivity contribution in [1.29, 1.82) is 0 Å². The van der Waals surface area contributed by atoms with E-state index in [9.17, 15) is 9.59 Å². The fraction of sp³-hybridized carbons (Fsp3) is 0.414. The lowest BCUT2D eigenvalue weighted by Gasteiger charge is -2.26. The van der Waals surface area contributed by atoms with Gasteiger partial charge in [0.25, 0.3) is 5.91 Å². The van der Waals surface area contributed by atoms with E-state index in [1.165, 1.54) is 29.5 Å². The van der Waals surface area contributed by atoms with Crippen molar-refractivity contribution >= 4 is 58.3 Å². The summed E-state index contributed by atoms with van der Waals surface area (Å²) in [7, 11) is 0. The van der Waals surface area contributed by atoms with E-state index in [4.69, 9.17) is 22.1 Å². The van der Waals surface area contributed by atoms with Crippen LogP contribution in [0.25, 0.3) is 0 Å². The molecule has 5 N–H and O–H groups in total. The fourth-order valence-corrected chi connectivity index (χ4v) is 5.59. The van der Waals surface area contributed by atoms with E-state index in [-0.39, 0.29) is 12.5 Å². The van der Waals surface area contributed by atoms with Crippen LogP contribution in [0.1, 0.15) is 27.2 Å². The van der Waals surface area contributed by atoms with Crippen LogP contribution in [0, 0.1) is 12.3 Å². The summed E-state index contributed by atoms with van der Waals surface area (Å²) in [4.78, 5) is 33.7. The molecule has 1 aliphatic heterocycles. The van der Waals surface area contributed by atoms with Crippen LogP contribution in [0.15, 0.2) is 58.1 Å². The molecule has 2 aromatic rings. The Morgan fingerprint density at radius 1 is 1.29 bits per heavy atom. The van der Waals surface area contributed by atoms with Crippen LogP contribution in [-0.2, 0) is 9.53 Å². The number of halogens is 1. The second-order valence-electron chi connectivity index (χ2n) is 8.94. The quantitative estimate of drug-likeness (QED) is 0.0821. The molecule has 3 amide bonds. The van der Waals surface area contributed by atoms with Gasteiger partial charge in [0, 0.05) is 44.0 Å². The lowest BCUT2D eigenvalue weighted by atomic mass is 10.2. The molecular formula is C29H40ClN7O3S2. The summed E-state index contributed by atoms with van der Waals surface area (Å²) in [5, 5.41) is 6.11. The molecule has 0 radical (unpaired) electrons. The number of hydrogen-bond acceptors (Lipinski definition) is 9. The van der Waals surface area contributed by atoms with E-state index >= 15 is 0 Å². The molecule has 0 saturated carbocycles. The second-order valence-corrected chi connectivity index (χ2v) is 11.8. The monoisotopic (exact) mass is 633 g/mol. The van der Waals surface area contributed by atoms with Crippen LogP contribution in [-0.4, -0.2) is 74.3 Å². The number of likely N-dealkylation sites (N-methyl/N-ethyl adjacent to an activating group) is 1. The Labute approximate surface area is 262 Å². The van der Waals surface area contributed by atoms with Gasteiger partial charge < -0.3 is 21.1 Å². The van der Waals surface area contributed by atoms with E-state index in [1.807, 2.05) is 26.0 Å². The highest BCUT2D eigenvalue weighted by molar-refractivity contribution is 7.99. The molecule has 0 atom stereocenters. The van der Waals surface area contributed by atoms with Gasteiger partial charge in [0.15, 0.2) is 0 Å². The van der Waals surface area contributed by atoms with Crippen LogP contribution in [0.3, 0.4) is 0 Å². The number of rotatable bonds is 13. The van der Waals surface area contributed by atoms with Gasteiger partial charge in [-0.2, -0.15) is 0 Å². The number of thiophene rings is 1. The molecule has 3 rings (SSSR count). The Hall–Kier alpha value is -3.05. The Morgan fingerprint density at radius 3 is 2.62 bits per heavy atom. The number of ether oxygens (including phenoxy) is 1. The van der Waals surface area contributed by atoms with Crippen LogP contribution in [0.2, 0.25) is 4.34 Å². The number of carbonyl (C=O) groups excluding carboxylic acids is 2. The van der Waals surface area contributed by atoms with E-state index in [2.05, 4.69) is 37.6 Å². The molecular weight excluding hydrogens is 594 g/mol. The molecule has 10 nitrogen and oxygen atoms in total. The third kappa shape index (κ3) is 12.9. The Balaban J connectivity index is 0.00000197. The summed E-state index contributed by atoms with van der Waals surface area (Å²) in [6, 6.07) is 6.59. The van der Waals surface area contributed by atoms with Gasteiger partial charge in [-0.05, 0) is 76.0 Å². The average molecular weight is 634 g/mol. The van der Waals surface area contributed by atoms with Crippen molar-refractivity contribution < 1.29 is 14.3 Å². The van der Waals surface area contributed by atoms with Gasteiger partial charge in [-0.15, -0.1) is 23.7 Å². The predicted octanol–water partition coefficient (Wildman–Crippen LogP) is 4.72. The predicted molar refractivity (Wildman–Crippen MR) is 175 cm³/mol. The average Bonchev–Trinajstić information content (AvgIpc) is 3.41. The van der Waals surface area contributed by atoms with Crippen molar-refractivity contribution in [1.82, 2.24) is 19.9 Å². The summed E-state index contributed by atoms with van der Waals surface area (Å²) in [6.45, 7) is 11.5. The number of amides is 3. The molecule has 228 valence electrons. The van der Waals surface area contributed by atoms with Gasteiger partial charge in [0.2, 0.25) is 0 Å². The zero-order chi connectivity index (χ0) is 30.7. The lowest BCUT2D eigenvalue weighted by molar-refractivity contribution is -0.115. The molecule has 0 bridgehead atoms. The first-order chi connectivity index (χ1) is 20.3. The number of morpholine rings is 1.